The molecule has 2 aromatic rings. The lowest BCUT2D eigenvalue weighted by Crippen LogP contribution is -2.34. The third-order valence-corrected chi connectivity index (χ3v) is 4.57. The summed E-state index contributed by atoms with van der Waals surface area (Å²) in [7, 11) is 0. The zero-order valence-electron chi connectivity index (χ0n) is 14.9. The molecule has 7 heteroatoms. The van der Waals surface area contributed by atoms with Gasteiger partial charge in [0.2, 0.25) is 0 Å². The minimum Gasteiger partial charge on any atom is -0.484 e. The summed E-state index contributed by atoms with van der Waals surface area (Å²) in [6.45, 7) is 7.89. The molecule has 1 aromatic carbocycles. The van der Waals surface area contributed by atoms with E-state index in [1.807, 2.05) is 13.8 Å². The highest BCUT2D eigenvalue weighted by Crippen LogP contribution is 2.25. The summed E-state index contributed by atoms with van der Waals surface area (Å²) < 4.78 is 6.98. The number of ether oxygens (including phenoxy) is 1. The van der Waals surface area contributed by atoms with E-state index in [1.165, 1.54) is 10.9 Å². The molecule has 6 nitrogen and oxygen atoms in total. The second-order valence-electron chi connectivity index (χ2n) is 5.96. The van der Waals surface area contributed by atoms with Crippen molar-refractivity contribution >= 4 is 17.5 Å². The lowest BCUT2D eigenvalue weighted by atomic mass is 10.1. The van der Waals surface area contributed by atoms with Crippen molar-refractivity contribution in [3.63, 3.8) is 0 Å². The van der Waals surface area contributed by atoms with Crippen molar-refractivity contribution in [2.75, 3.05) is 13.2 Å². The predicted octanol–water partition coefficient (Wildman–Crippen LogP) is 2.33. The summed E-state index contributed by atoms with van der Waals surface area (Å²) in [5, 5.41) is 3.42. The van der Waals surface area contributed by atoms with Gasteiger partial charge in [0.05, 0.1) is 6.33 Å². The minimum atomic E-state index is -0.255. The summed E-state index contributed by atoms with van der Waals surface area (Å²) in [5.41, 5.74) is 3.04. The number of hydrogen-bond acceptors (Lipinski definition) is 4. The molecule has 0 bridgehead atoms. The molecular weight excluding hydrogens is 342 g/mol. The van der Waals surface area contributed by atoms with Crippen molar-refractivity contribution in [2.24, 2.45) is 0 Å². The van der Waals surface area contributed by atoms with Crippen LogP contribution in [0.15, 0.2) is 23.3 Å². The molecule has 0 radical (unpaired) electrons. The van der Waals surface area contributed by atoms with Crippen LogP contribution in [0.2, 0.25) is 5.02 Å². The molecule has 0 fully saturated rings. The Labute approximate surface area is 151 Å². The van der Waals surface area contributed by atoms with Crippen molar-refractivity contribution in [1.82, 2.24) is 14.9 Å². The number of aryl methyl sites for hydroxylation is 3. The molecular formula is C18H22ClN3O3. The van der Waals surface area contributed by atoms with Crippen LogP contribution in [0.4, 0.5) is 0 Å². The standard InChI is InChI=1S/C18H22ClN3O3/c1-11-7-15(8-12(2)17(11)19)25-9-16(23)20-5-6-22-10-21-14(4)13(3)18(22)24/h7-8,10H,5-6,9H2,1-4H3,(H,20,23). The Balaban J connectivity index is 1.84. The minimum absolute atomic E-state index is 0.0925. The maximum absolute atomic E-state index is 12.0. The van der Waals surface area contributed by atoms with Gasteiger partial charge in [-0.3, -0.25) is 14.2 Å². The molecule has 0 saturated carbocycles. The van der Waals surface area contributed by atoms with Crippen LogP contribution in [-0.4, -0.2) is 28.6 Å². The van der Waals surface area contributed by atoms with Crippen molar-refractivity contribution in [2.45, 2.75) is 34.2 Å². The van der Waals surface area contributed by atoms with Gasteiger partial charge < -0.3 is 10.1 Å². The van der Waals surface area contributed by atoms with E-state index in [-0.39, 0.29) is 18.1 Å². The summed E-state index contributed by atoms with van der Waals surface area (Å²) in [6.07, 6.45) is 1.49. The molecule has 2 rings (SSSR count). The molecule has 0 aliphatic rings. The van der Waals surface area contributed by atoms with Gasteiger partial charge in [-0.25, -0.2) is 4.98 Å². The van der Waals surface area contributed by atoms with Gasteiger partial charge >= 0.3 is 0 Å². The van der Waals surface area contributed by atoms with E-state index >= 15 is 0 Å². The van der Waals surface area contributed by atoms with E-state index in [0.717, 1.165) is 11.1 Å². The lowest BCUT2D eigenvalue weighted by Gasteiger charge is -2.11. The second kappa shape index (κ2) is 8.16. The molecule has 0 saturated heterocycles. The Hall–Kier alpha value is -2.34. The number of amides is 1. The van der Waals surface area contributed by atoms with E-state index < -0.39 is 0 Å². The topological polar surface area (TPSA) is 73.2 Å². The number of nitrogens with one attached hydrogen (secondary N) is 1. The lowest BCUT2D eigenvalue weighted by molar-refractivity contribution is -0.123. The summed E-state index contributed by atoms with van der Waals surface area (Å²) in [5.74, 6) is 0.347. The van der Waals surface area contributed by atoms with Crippen LogP contribution in [0.1, 0.15) is 22.4 Å². The highest BCUT2D eigenvalue weighted by Gasteiger charge is 2.07. The molecule has 0 atom stereocenters. The van der Waals surface area contributed by atoms with Gasteiger partial charge in [0.15, 0.2) is 6.61 Å². The Morgan fingerprint density at radius 2 is 1.88 bits per heavy atom. The highest BCUT2D eigenvalue weighted by atomic mass is 35.5. The van der Waals surface area contributed by atoms with E-state index in [1.54, 1.807) is 26.0 Å². The average Bonchev–Trinajstić information content (AvgIpc) is 2.57. The first kappa shape index (κ1) is 19.0. The zero-order valence-corrected chi connectivity index (χ0v) is 15.6. The van der Waals surface area contributed by atoms with Crippen molar-refractivity contribution < 1.29 is 9.53 Å². The molecule has 0 aliphatic carbocycles. The molecule has 0 unspecified atom stereocenters. The van der Waals surface area contributed by atoms with Crippen molar-refractivity contribution in [3.05, 3.63) is 56.2 Å². The largest absolute Gasteiger partial charge is 0.484 e. The van der Waals surface area contributed by atoms with E-state index in [4.69, 9.17) is 16.3 Å². The van der Waals surface area contributed by atoms with Crippen LogP contribution in [0.3, 0.4) is 0 Å². The fraction of sp³-hybridized carbons (Fsp3) is 0.389. The predicted molar refractivity (Wildman–Crippen MR) is 97.4 cm³/mol. The van der Waals surface area contributed by atoms with Gasteiger partial charge in [-0.15, -0.1) is 0 Å². The Morgan fingerprint density at radius 3 is 2.52 bits per heavy atom. The first-order chi connectivity index (χ1) is 11.8. The van der Waals surface area contributed by atoms with Gasteiger partial charge in [-0.05, 0) is 51.0 Å². The normalized spacial score (nSPS) is 10.6. The molecule has 1 amide bonds. The number of carbonyl (C=O) groups is 1. The number of carbonyl (C=O) groups excluding carboxylic acids is 1. The van der Waals surface area contributed by atoms with Crippen LogP contribution in [0.5, 0.6) is 5.75 Å². The number of benzene rings is 1. The average molecular weight is 364 g/mol. The quantitative estimate of drug-likeness (QED) is 0.854. The monoisotopic (exact) mass is 363 g/mol. The third kappa shape index (κ3) is 4.82. The van der Waals surface area contributed by atoms with Crippen molar-refractivity contribution in [1.29, 1.82) is 0 Å². The van der Waals surface area contributed by atoms with E-state index in [2.05, 4.69) is 10.3 Å². The molecule has 1 heterocycles. The Bertz CT molecular complexity index is 823. The smallest absolute Gasteiger partial charge is 0.258 e. The maximum atomic E-state index is 12.0. The maximum Gasteiger partial charge on any atom is 0.258 e. The van der Waals surface area contributed by atoms with Crippen molar-refractivity contribution in [3.8, 4) is 5.75 Å². The number of hydrogen-bond donors (Lipinski definition) is 1. The third-order valence-electron chi connectivity index (χ3n) is 3.97. The second-order valence-corrected chi connectivity index (χ2v) is 6.34. The van der Waals surface area contributed by atoms with Crippen LogP contribution in [-0.2, 0) is 11.3 Å². The molecule has 0 spiro atoms. The zero-order chi connectivity index (χ0) is 18.6. The van der Waals surface area contributed by atoms with Crippen LogP contribution in [0.25, 0.3) is 0 Å². The fourth-order valence-corrected chi connectivity index (χ4v) is 2.45. The molecule has 25 heavy (non-hydrogen) atoms. The molecule has 1 aromatic heterocycles. The molecule has 134 valence electrons. The molecule has 0 aliphatic heterocycles. The van der Waals surface area contributed by atoms with Gasteiger partial charge in [-0.2, -0.15) is 0 Å². The van der Waals surface area contributed by atoms with E-state index in [0.29, 0.717) is 35.1 Å². The van der Waals surface area contributed by atoms with Gasteiger partial charge in [0.1, 0.15) is 5.75 Å². The first-order valence-electron chi connectivity index (χ1n) is 7.98. The summed E-state index contributed by atoms with van der Waals surface area (Å²) in [4.78, 5) is 28.1. The van der Waals surface area contributed by atoms with Crippen LogP contribution >= 0.6 is 11.6 Å². The molecule has 1 N–H and O–H groups in total. The van der Waals surface area contributed by atoms with E-state index in [9.17, 15) is 9.59 Å². The SMILES string of the molecule is Cc1cc(OCC(=O)NCCn2cnc(C)c(C)c2=O)cc(C)c1Cl. The summed E-state index contributed by atoms with van der Waals surface area (Å²) in [6, 6.07) is 3.59. The Kier molecular flexibility index (Phi) is 6.20. The van der Waals surface area contributed by atoms with Crippen LogP contribution in [0, 0.1) is 27.7 Å². The van der Waals surface area contributed by atoms with Gasteiger partial charge in [-0.1, -0.05) is 11.6 Å². The highest BCUT2D eigenvalue weighted by molar-refractivity contribution is 6.32. The van der Waals surface area contributed by atoms with Gasteiger partial charge in [0.25, 0.3) is 11.5 Å². The number of nitrogens with zero attached hydrogens (tertiary/aromatic N) is 2. The first-order valence-corrected chi connectivity index (χ1v) is 8.36. The number of aromatic nitrogens is 2. The Morgan fingerprint density at radius 1 is 1.24 bits per heavy atom. The number of halogens is 1. The fourth-order valence-electron chi connectivity index (χ4n) is 2.34. The summed E-state index contributed by atoms with van der Waals surface area (Å²) >= 11 is 6.10. The van der Waals surface area contributed by atoms with Gasteiger partial charge in [0, 0.05) is 29.4 Å². The number of rotatable bonds is 6. The van der Waals surface area contributed by atoms with Crippen LogP contribution < -0.4 is 15.6 Å².